The molecule has 0 aliphatic rings. The molecule has 0 radical (unpaired) electrons. The largest absolute Gasteiger partial charge is 0.491 e. The number of nitrogens with zero attached hydrogens (tertiary/aromatic N) is 2. The molecule has 1 N–H and O–H groups in total. The van der Waals surface area contributed by atoms with Crippen LogP contribution in [0.3, 0.4) is 0 Å². The van der Waals surface area contributed by atoms with Crippen LogP contribution in [0.5, 0.6) is 5.75 Å². The first-order valence-corrected chi connectivity index (χ1v) is 8.18. The molecule has 1 heterocycles. The molecule has 0 bridgehead atoms. The third-order valence-electron chi connectivity index (χ3n) is 3.59. The SMILES string of the molecule is O=C(O)CCCCC(=O)OCC(COc1ccccc1)n1ccnc1. The van der Waals surface area contributed by atoms with Crippen molar-refractivity contribution in [2.24, 2.45) is 0 Å². The van der Waals surface area contributed by atoms with Crippen LogP contribution in [0.1, 0.15) is 31.7 Å². The fourth-order valence-electron chi connectivity index (χ4n) is 2.22. The van der Waals surface area contributed by atoms with Crippen molar-refractivity contribution in [2.75, 3.05) is 13.2 Å². The first-order valence-electron chi connectivity index (χ1n) is 8.18. The minimum absolute atomic E-state index is 0.0653. The number of imidazole rings is 1. The molecular weight excluding hydrogens is 324 g/mol. The van der Waals surface area contributed by atoms with E-state index in [0.717, 1.165) is 5.75 Å². The Labute approximate surface area is 146 Å². The molecule has 0 spiro atoms. The first kappa shape index (κ1) is 18.5. The van der Waals surface area contributed by atoms with Gasteiger partial charge in [-0.15, -0.1) is 0 Å². The normalized spacial score (nSPS) is 11.7. The summed E-state index contributed by atoms with van der Waals surface area (Å²) in [5, 5.41) is 8.57. The van der Waals surface area contributed by atoms with Gasteiger partial charge in [0.05, 0.1) is 6.33 Å². The minimum Gasteiger partial charge on any atom is -0.491 e. The molecule has 0 amide bonds. The highest BCUT2D eigenvalue weighted by Gasteiger charge is 2.15. The van der Waals surface area contributed by atoms with Crippen molar-refractivity contribution >= 4 is 11.9 Å². The third-order valence-corrected chi connectivity index (χ3v) is 3.59. The van der Waals surface area contributed by atoms with Crippen LogP contribution >= 0.6 is 0 Å². The van der Waals surface area contributed by atoms with Crippen LogP contribution in [0.25, 0.3) is 0 Å². The topological polar surface area (TPSA) is 90.6 Å². The zero-order valence-electron chi connectivity index (χ0n) is 13.9. The number of aliphatic carboxylic acids is 1. The average Bonchev–Trinajstić information content (AvgIpc) is 3.14. The van der Waals surface area contributed by atoms with E-state index in [0.29, 0.717) is 19.4 Å². The molecule has 1 aromatic heterocycles. The molecule has 7 heteroatoms. The Balaban J connectivity index is 1.78. The van der Waals surface area contributed by atoms with Crippen LogP contribution in [0.2, 0.25) is 0 Å². The van der Waals surface area contributed by atoms with E-state index in [2.05, 4.69) is 4.98 Å². The number of rotatable bonds is 11. The maximum atomic E-state index is 11.8. The van der Waals surface area contributed by atoms with E-state index in [-0.39, 0.29) is 31.5 Å². The van der Waals surface area contributed by atoms with Crippen molar-refractivity contribution in [1.82, 2.24) is 9.55 Å². The van der Waals surface area contributed by atoms with Gasteiger partial charge < -0.3 is 19.1 Å². The second kappa shape index (κ2) is 10.1. The second-order valence-corrected chi connectivity index (χ2v) is 5.57. The Morgan fingerprint density at radius 2 is 1.88 bits per heavy atom. The van der Waals surface area contributed by atoms with Crippen LogP contribution in [-0.2, 0) is 14.3 Å². The first-order chi connectivity index (χ1) is 12.1. The van der Waals surface area contributed by atoms with E-state index in [1.165, 1.54) is 0 Å². The van der Waals surface area contributed by atoms with Crippen molar-refractivity contribution in [2.45, 2.75) is 31.7 Å². The summed E-state index contributed by atoms with van der Waals surface area (Å²) >= 11 is 0. The Morgan fingerprint density at radius 3 is 2.56 bits per heavy atom. The lowest BCUT2D eigenvalue weighted by molar-refractivity contribution is -0.145. The van der Waals surface area contributed by atoms with Gasteiger partial charge in [0.15, 0.2) is 0 Å². The number of para-hydroxylation sites is 1. The molecule has 1 aromatic carbocycles. The molecule has 0 aliphatic carbocycles. The van der Waals surface area contributed by atoms with E-state index in [1.807, 2.05) is 34.9 Å². The maximum absolute atomic E-state index is 11.8. The van der Waals surface area contributed by atoms with Gasteiger partial charge in [-0.3, -0.25) is 9.59 Å². The summed E-state index contributed by atoms with van der Waals surface area (Å²) in [6.07, 6.45) is 6.34. The molecule has 0 saturated carbocycles. The summed E-state index contributed by atoms with van der Waals surface area (Å²) in [6.45, 7) is 0.508. The number of unbranched alkanes of at least 4 members (excludes halogenated alkanes) is 1. The van der Waals surface area contributed by atoms with E-state index in [4.69, 9.17) is 14.6 Å². The number of ether oxygens (including phenoxy) is 2. The number of hydrogen-bond donors (Lipinski definition) is 1. The molecule has 2 rings (SSSR count). The van der Waals surface area contributed by atoms with Crippen molar-refractivity contribution in [3.05, 3.63) is 49.1 Å². The summed E-state index contributed by atoms with van der Waals surface area (Å²) in [4.78, 5) is 26.3. The van der Waals surface area contributed by atoms with Gasteiger partial charge in [-0.05, 0) is 25.0 Å². The number of carboxylic acids is 1. The van der Waals surface area contributed by atoms with Crippen LogP contribution in [0.15, 0.2) is 49.1 Å². The van der Waals surface area contributed by atoms with Crippen molar-refractivity contribution < 1.29 is 24.2 Å². The molecule has 25 heavy (non-hydrogen) atoms. The predicted octanol–water partition coefficient (Wildman–Crippen LogP) is 2.69. The van der Waals surface area contributed by atoms with E-state index in [1.54, 1.807) is 18.7 Å². The molecule has 0 aliphatic heterocycles. The van der Waals surface area contributed by atoms with Gasteiger partial charge in [0, 0.05) is 25.2 Å². The predicted molar refractivity (Wildman–Crippen MR) is 90.3 cm³/mol. The van der Waals surface area contributed by atoms with Gasteiger partial charge >= 0.3 is 11.9 Å². The summed E-state index contributed by atoms with van der Waals surface area (Å²) in [5.41, 5.74) is 0. The zero-order chi connectivity index (χ0) is 17.9. The lowest BCUT2D eigenvalue weighted by Crippen LogP contribution is -2.23. The van der Waals surface area contributed by atoms with Gasteiger partial charge in [0.1, 0.15) is 25.0 Å². The molecule has 0 saturated heterocycles. The Morgan fingerprint density at radius 1 is 1.12 bits per heavy atom. The summed E-state index contributed by atoms with van der Waals surface area (Å²) in [6, 6.07) is 9.22. The van der Waals surface area contributed by atoms with Gasteiger partial charge in [0.2, 0.25) is 0 Å². The summed E-state index contributed by atoms with van der Waals surface area (Å²) in [5.74, 6) is -0.450. The number of carboxylic acid groups (broad SMARTS) is 1. The monoisotopic (exact) mass is 346 g/mol. The number of aromatic nitrogens is 2. The fraction of sp³-hybridized carbons (Fsp3) is 0.389. The molecule has 134 valence electrons. The Hall–Kier alpha value is -2.83. The van der Waals surface area contributed by atoms with Crippen molar-refractivity contribution in [3.8, 4) is 5.75 Å². The molecule has 1 unspecified atom stereocenters. The van der Waals surface area contributed by atoms with Gasteiger partial charge in [-0.1, -0.05) is 18.2 Å². The lowest BCUT2D eigenvalue weighted by Gasteiger charge is -2.19. The Bertz CT molecular complexity index is 643. The van der Waals surface area contributed by atoms with Gasteiger partial charge in [0.25, 0.3) is 0 Å². The molecule has 1 atom stereocenters. The number of benzene rings is 1. The van der Waals surface area contributed by atoms with Crippen LogP contribution in [0.4, 0.5) is 0 Å². The van der Waals surface area contributed by atoms with E-state index in [9.17, 15) is 9.59 Å². The highest BCUT2D eigenvalue weighted by Crippen LogP contribution is 2.14. The number of esters is 1. The zero-order valence-corrected chi connectivity index (χ0v) is 13.9. The van der Waals surface area contributed by atoms with Crippen LogP contribution in [-0.4, -0.2) is 39.8 Å². The molecule has 2 aromatic rings. The number of hydrogen-bond acceptors (Lipinski definition) is 5. The average molecular weight is 346 g/mol. The maximum Gasteiger partial charge on any atom is 0.305 e. The second-order valence-electron chi connectivity index (χ2n) is 5.57. The molecule has 7 nitrogen and oxygen atoms in total. The number of carbonyl (C=O) groups excluding carboxylic acids is 1. The molecule has 0 fully saturated rings. The van der Waals surface area contributed by atoms with Crippen LogP contribution < -0.4 is 4.74 Å². The molecular formula is C18H22N2O5. The highest BCUT2D eigenvalue weighted by atomic mass is 16.5. The number of carbonyl (C=O) groups is 2. The quantitative estimate of drug-likeness (QED) is 0.497. The minimum atomic E-state index is -0.855. The third kappa shape index (κ3) is 7.07. The van der Waals surface area contributed by atoms with Crippen LogP contribution in [0, 0.1) is 0 Å². The Kier molecular flexibility index (Phi) is 7.49. The van der Waals surface area contributed by atoms with Crippen molar-refractivity contribution in [3.63, 3.8) is 0 Å². The van der Waals surface area contributed by atoms with E-state index < -0.39 is 5.97 Å². The van der Waals surface area contributed by atoms with Gasteiger partial charge in [-0.25, -0.2) is 4.98 Å². The highest BCUT2D eigenvalue weighted by molar-refractivity contribution is 5.69. The van der Waals surface area contributed by atoms with Crippen molar-refractivity contribution in [1.29, 1.82) is 0 Å². The fourth-order valence-corrected chi connectivity index (χ4v) is 2.22. The lowest BCUT2D eigenvalue weighted by atomic mass is 10.2. The smallest absolute Gasteiger partial charge is 0.305 e. The summed E-state index contributed by atoms with van der Waals surface area (Å²) in [7, 11) is 0. The summed E-state index contributed by atoms with van der Waals surface area (Å²) < 4.78 is 12.9. The van der Waals surface area contributed by atoms with Gasteiger partial charge in [-0.2, -0.15) is 0 Å². The van der Waals surface area contributed by atoms with E-state index >= 15 is 0 Å². The standard InChI is InChI=1S/C18H22N2O5/c21-17(22)8-4-5-9-18(23)25-13-15(20-11-10-19-14-20)12-24-16-6-2-1-3-7-16/h1-3,6-7,10-11,14-15H,4-5,8-9,12-13H2,(H,21,22).